The number of aliphatic imine (C=N–C) groups is 1. The van der Waals surface area contributed by atoms with E-state index in [9.17, 15) is 0 Å². The Hall–Kier alpha value is -4.73. The fourth-order valence-corrected chi connectivity index (χ4v) is 4.93. The maximum atomic E-state index is 5.80. The fourth-order valence-electron chi connectivity index (χ4n) is 4.66. The van der Waals surface area contributed by atoms with Gasteiger partial charge in [0.2, 0.25) is 0 Å². The van der Waals surface area contributed by atoms with Crippen molar-refractivity contribution in [3.8, 4) is 0 Å². The van der Waals surface area contributed by atoms with Crippen molar-refractivity contribution < 1.29 is 2.74 Å². The van der Waals surface area contributed by atoms with Crippen LogP contribution in [0, 0.1) is 0 Å². The van der Waals surface area contributed by atoms with Gasteiger partial charge in [-0.3, -0.25) is 0 Å². The Morgan fingerprint density at radius 1 is 0.783 bits per heavy atom. The van der Waals surface area contributed by atoms with Gasteiger partial charge >= 0.3 is 0 Å². The number of nitrogen functional groups attached to an aromatic ring is 2. The Bertz CT molecular complexity index is 1870. The summed E-state index contributed by atoms with van der Waals surface area (Å²) in [6.45, 7) is 1.13. The lowest BCUT2D eigenvalue weighted by Gasteiger charge is -2.06. The third-order valence-corrected chi connectivity index (χ3v) is 7.46. The molecule has 46 heavy (non-hydrogen) atoms. The summed E-state index contributed by atoms with van der Waals surface area (Å²) in [7, 11) is 2.50. The van der Waals surface area contributed by atoms with Gasteiger partial charge < -0.3 is 27.2 Å². The van der Waals surface area contributed by atoms with E-state index in [2.05, 4.69) is 60.5 Å². The number of nitrogens with two attached hydrogens (primary N) is 3. The molecule has 0 fully saturated rings. The smallest absolute Gasteiger partial charge is 0.137 e. The largest absolute Gasteiger partial charge is 0.399 e. The van der Waals surface area contributed by atoms with Gasteiger partial charge in [0.1, 0.15) is 11.3 Å². The van der Waals surface area contributed by atoms with Gasteiger partial charge in [0, 0.05) is 56.2 Å². The quantitative estimate of drug-likeness (QED) is 0.0599. The number of nitrogens with zero attached hydrogens (tertiary/aromatic N) is 3. The average molecular weight is 655 g/mol. The van der Waals surface area contributed by atoms with Crippen LogP contribution in [0.25, 0.3) is 22.1 Å². The van der Waals surface area contributed by atoms with Gasteiger partial charge in [-0.2, -0.15) is 0 Å². The van der Waals surface area contributed by atoms with E-state index in [-0.39, 0.29) is 0 Å². The number of aryl methyl sites for hydroxylation is 2. The molecule has 4 aromatic heterocycles. The summed E-state index contributed by atoms with van der Waals surface area (Å²) < 4.78 is 11.5. The second-order valence-electron chi connectivity index (χ2n) is 10.1. The summed E-state index contributed by atoms with van der Waals surface area (Å²) in [5.74, 6) is 0. The van der Waals surface area contributed by atoms with Gasteiger partial charge in [0.15, 0.2) is 0 Å². The van der Waals surface area contributed by atoms with E-state index in [0.717, 1.165) is 69.7 Å². The molecule has 0 aliphatic carbocycles. The van der Waals surface area contributed by atoms with Crippen LogP contribution in [0.1, 0.15) is 52.6 Å². The molecular weight excluding hydrogens is 609 g/mol. The first-order valence-corrected chi connectivity index (χ1v) is 15.0. The molecule has 0 aliphatic heterocycles. The Kier molecular flexibility index (Phi) is 14.6. The van der Waals surface area contributed by atoms with Gasteiger partial charge in [0.05, 0.1) is 11.7 Å². The van der Waals surface area contributed by atoms with Crippen molar-refractivity contribution in [3.05, 3.63) is 120 Å². The van der Waals surface area contributed by atoms with E-state index in [4.69, 9.17) is 32.2 Å². The first-order chi connectivity index (χ1) is 23.5. The molecule has 8 nitrogen and oxygen atoms in total. The number of isothiocyanates is 1. The molecule has 240 valence electrons. The Morgan fingerprint density at radius 3 is 1.89 bits per heavy atom. The molecule has 0 atom stereocenters. The predicted molar refractivity (Wildman–Crippen MR) is 203 cm³/mol. The number of anilines is 2. The summed E-state index contributed by atoms with van der Waals surface area (Å²) in [4.78, 5) is 19.7. The molecule has 4 heterocycles. The van der Waals surface area contributed by atoms with Crippen LogP contribution in [0.2, 0.25) is 0 Å². The summed E-state index contributed by atoms with van der Waals surface area (Å²) >= 11 is 10.0. The molecular formula is C36H44N8S2. The molecule has 0 amide bonds. The molecule has 0 aliphatic rings. The maximum Gasteiger partial charge on any atom is 0.137 e. The minimum absolute atomic E-state index is 0.561. The van der Waals surface area contributed by atoms with E-state index in [1.807, 2.05) is 73.2 Å². The van der Waals surface area contributed by atoms with Crippen molar-refractivity contribution >= 4 is 67.9 Å². The van der Waals surface area contributed by atoms with Crippen molar-refractivity contribution in [2.45, 2.75) is 53.6 Å². The number of benzene rings is 2. The summed E-state index contributed by atoms with van der Waals surface area (Å²) in [6, 6.07) is 23.7. The van der Waals surface area contributed by atoms with Gasteiger partial charge in [-0.1, -0.05) is 51.3 Å². The normalized spacial score (nSPS) is 10.2. The number of rotatable bonds is 9. The summed E-state index contributed by atoms with van der Waals surface area (Å²) in [5, 5.41) is 4.64. The number of thiocarbonyl (C=S) groups is 2. The number of aromatic amines is 2. The van der Waals surface area contributed by atoms with Crippen LogP contribution in [0.3, 0.4) is 0 Å². The number of H-pyrrole nitrogens is 2. The standard InChI is InChI=1S/C18H19N3S.C9H7N3S.C7H10N2.2CH4/c19-15-3-1-2-13(12-15)4-6-16(22)7-5-14-8-10-20-18-17(14)9-11-21-18;13-6-10-5-7-1-3-11-9-8(7)2-4-12-9;8-5-6-2-1-3-7(9)4-6;;/h1-3,8-12H,4-7,19H2,(H,20,21);1-4H,5H2,(H,11,12);1-4H,5,8-9H2;2*1H4/i;;;2*1D. The third kappa shape index (κ3) is 11.3. The van der Waals surface area contributed by atoms with Crippen molar-refractivity contribution in [2.75, 3.05) is 11.5 Å². The number of nitrogens with one attached hydrogen (secondary N) is 2. The highest BCUT2D eigenvalue weighted by atomic mass is 32.1. The highest BCUT2D eigenvalue weighted by Crippen LogP contribution is 2.18. The lowest BCUT2D eigenvalue weighted by atomic mass is 10.0. The summed E-state index contributed by atoms with van der Waals surface area (Å²) in [6.07, 6.45) is 11.2. The lowest BCUT2D eigenvalue weighted by molar-refractivity contribution is 0.980. The molecule has 0 saturated heterocycles. The highest BCUT2D eigenvalue weighted by Gasteiger charge is 2.05. The van der Waals surface area contributed by atoms with Gasteiger partial charge in [-0.15, -0.1) is 0 Å². The first-order valence-electron chi connectivity index (χ1n) is 16.2. The van der Waals surface area contributed by atoms with E-state index < -0.39 is 0 Å². The molecule has 0 unspecified atom stereocenters. The predicted octanol–water partition coefficient (Wildman–Crippen LogP) is 8.25. The zero-order valence-corrected chi connectivity index (χ0v) is 28.0. The number of hydrogen-bond donors (Lipinski definition) is 5. The zero-order chi connectivity index (χ0) is 35.1. The molecule has 6 aromatic rings. The second-order valence-corrected chi connectivity index (χ2v) is 10.8. The molecule has 0 saturated carbocycles. The maximum absolute atomic E-state index is 5.80. The van der Waals surface area contributed by atoms with Gasteiger partial charge in [-0.25, -0.2) is 15.0 Å². The molecule has 8 N–H and O–H groups in total. The number of hydrogen-bond acceptors (Lipinski definition) is 8. The molecule has 2 aromatic carbocycles. The first kappa shape index (κ1) is 34.1. The van der Waals surface area contributed by atoms with Gasteiger partial charge in [0.25, 0.3) is 0 Å². The number of aromatic nitrogens is 4. The monoisotopic (exact) mass is 654 g/mol. The summed E-state index contributed by atoms with van der Waals surface area (Å²) in [5.41, 5.74) is 24.8. The number of pyridine rings is 2. The number of fused-ring (bicyclic) bond motifs is 2. The molecule has 0 spiro atoms. The van der Waals surface area contributed by atoms with Crippen LogP contribution in [-0.4, -0.2) is 30.0 Å². The Balaban J connectivity index is 0.000000261. The van der Waals surface area contributed by atoms with Crippen LogP contribution in [-0.2, 0) is 25.9 Å². The van der Waals surface area contributed by atoms with Crippen molar-refractivity contribution in [3.63, 3.8) is 0 Å². The third-order valence-electron chi connectivity index (χ3n) is 6.92. The fraction of sp³-hybridized carbons (Fsp3) is 0.222. The van der Waals surface area contributed by atoms with E-state index >= 15 is 0 Å². The molecule has 6 rings (SSSR count). The molecule has 0 bridgehead atoms. The van der Waals surface area contributed by atoms with E-state index in [1.165, 1.54) is 31.3 Å². The van der Waals surface area contributed by atoms with Gasteiger partial charge in [-0.05, 0) is 114 Å². The van der Waals surface area contributed by atoms with Crippen LogP contribution < -0.4 is 17.2 Å². The van der Waals surface area contributed by atoms with E-state index in [1.54, 1.807) is 6.20 Å². The van der Waals surface area contributed by atoms with E-state index in [0.29, 0.717) is 13.1 Å². The molecule has 10 heteroatoms. The highest BCUT2D eigenvalue weighted by molar-refractivity contribution is 7.80. The molecule has 0 radical (unpaired) electrons. The van der Waals surface area contributed by atoms with Crippen LogP contribution in [0.15, 0.2) is 103 Å². The average Bonchev–Trinajstić information content (AvgIpc) is 3.82. The minimum atomic E-state index is 0.561. The van der Waals surface area contributed by atoms with Crippen molar-refractivity contribution in [2.24, 2.45) is 10.7 Å². The van der Waals surface area contributed by atoms with Crippen LogP contribution in [0.4, 0.5) is 11.4 Å². The minimum Gasteiger partial charge on any atom is -0.399 e. The van der Waals surface area contributed by atoms with Crippen molar-refractivity contribution in [1.82, 2.24) is 19.9 Å². The SMILES string of the molecule is NCc1cccc(N)c1.Nc1cccc(CCC(=S)CCc2ccnc3[nH]ccc23)c1.S=C=NCc1ccnc2[nH]ccc12.[2H]C.[2H]C. The lowest BCUT2D eigenvalue weighted by Crippen LogP contribution is -2.01. The Morgan fingerprint density at radius 2 is 1.33 bits per heavy atom. The Labute approximate surface area is 285 Å². The van der Waals surface area contributed by atoms with Crippen molar-refractivity contribution in [1.29, 1.82) is 0 Å². The van der Waals surface area contributed by atoms with Crippen LogP contribution >= 0.6 is 24.4 Å². The zero-order valence-electron chi connectivity index (χ0n) is 28.4. The topological polar surface area (TPSA) is 148 Å². The second kappa shape index (κ2) is 19.6. The van der Waals surface area contributed by atoms with Crippen LogP contribution in [0.5, 0.6) is 0 Å².